The van der Waals surface area contributed by atoms with Crippen LogP contribution in [0, 0.1) is 11.3 Å². The van der Waals surface area contributed by atoms with Crippen molar-refractivity contribution in [3.63, 3.8) is 0 Å². The lowest BCUT2D eigenvalue weighted by atomic mass is 9.92. The molecule has 0 aromatic carbocycles. The molecule has 1 aliphatic rings. The maximum atomic E-state index is 11.1. The van der Waals surface area contributed by atoms with Gasteiger partial charge in [0.15, 0.2) is 0 Å². The van der Waals surface area contributed by atoms with Gasteiger partial charge in [0.2, 0.25) is 0 Å². The highest BCUT2D eigenvalue weighted by Gasteiger charge is 2.45. The average Bonchev–Trinajstić information content (AvgIpc) is 3.08. The molecule has 1 aromatic heterocycles. The molecule has 18 heavy (non-hydrogen) atoms. The first kappa shape index (κ1) is 12.7. The lowest BCUT2D eigenvalue weighted by Gasteiger charge is -2.21. The third-order valence-electron chi connectivity index (χ3n) is 3.90. The number of nitrogens with zero attached hydrogens (tertiary/aromatic N) is 1. The van der Waals surface area contributed by atoms with Crippen molar-refractivity contribution in [3.8, 4) is 0 Å². The summed E-state index contributed by atoms with van der Waals surface area (Å²) >= 11 is 0. The van der Waals surface area contributed by atoms with Gasteiger partial charge in [-0.05, 0) is 36.3 Å². The van der Waals surface area contributed by atoms with Crippen molar-refractivity contribution in [1.29, 1.82) is 0 Å². The molecule has 5 heteroatoms. The second-order valence-electron chi connectivity index (χ2n) is 5.37. The number of nitrogen functional groups attached to an aromatic ring is 1. The van der Waals surface area contributed by atoms with Crippen LogP contribution in [0.5, 0.6) is 0 Å². The minimum absolute atomic E-state index is 0.237. The number of hydrogen-bond donors (Lipinski definition) is 3. The Labute approximate surface area is 107 Å². The van der Waals surface area contributed by atoms with Gasteiger partial charge >= 0.3 is 0 Å². The van der Waals surface area contributed by atoms with Crippen molar-refractivity contribution in [1.82, 2.24) is 4.98 Å². The van der Waals surface area contributed by atoms with Gasteiger partial charge in [0.25, 0.3) is 5.91 Å². The van der Waals surface area contributed by atoms with Crippen molar-refractivity contribution in [2.75, 3.05) is 17.6 Å². The third-order valence-corrected chi connectivity index (χ3v) is 3.90. The normalized spacial score (nSPS) is 16.6. The fourth-order valence-corrected chi connectivity index (χ4v) is 2.13. The maximum absolute atomic E-state index is 11.1. The molecule has 0 radical (unpaired) electrons. The molecule has 2 rings (SSSR count). The predicted octanol–water partition coefficient (Wildman–Crippen LogP) is 1.61. The zero-order valence-corrected chi connectivity index (χ0v) is 10.9. The standard InChI is InChI=1S/C13H20N4O/c1-8(2)13(5-6-13)7-16-12-9(14)3-4-10(17-12)11(15)18/h3-4,8H,5-7,14H2,1-2H3,(H2,15,18)(H,16,17). The van der Waals surface area contributed by atoms with E-state index in [9.17, 15) is 4.79 Å². The molecule has 1 amide bonds. The Hall–Kier alpha value is -1.78. The Kier molecular flexibility index (Phi) is 3.15. The van der Waals surface area contributed by atoms with Gasteiger partial charge in [-0.1, -0.05) is 13.8 Å². The molecule has 0 saturated heterocycles. The Morgan fingerprint density at radius 3 is 2.67 bits per heavy atom. The minimum atomic E-state index is -0.539. The number of nitrogens with two attached hydrogens (primary N) is 2. The van der Waals surface area contributed by atoms with Crippen LogP contribution in [-0.4, -0.2) is 17.4 Å². The summed E-state index contributed by atoms with van der Waals surface area (Å²) in [5.74, 6) is 0.645. The molecule has 1 heterocycles. The van der Waals surface area contributed by atoms with Crippen molar-refractivity contribution < 1.29 is 4.79 Å². The number of rotatable bonds is 5. The van der Waals surface area contributed by atoms with Crippen molar-refractivity contribution in [2.45, 2.75) is 26.7 Å². The molecular weight excluding hydrogens is 228 g/mol. The number of carbonyl (C=O) groups is 1. The Balaban J connectivity index is 2.09. The van der Waals surface area contributed by atoms with E-state index in [0.29, 0.717) is 22.8 Å². The summed E-state index contributed by atoms with van der Waals surface area (Å²) < 4.78 is 0. The summed E-state index contributed by atoms with van der Waals surface area (Å²) in [6.45, 7) is 5.29. The largest absolute Gasteiger partial charge is 0.396 e. The highest BCUT2D eigenvalue weighted by molar-refractivity contribution is 5.91. The topological polar surface area (TPSA) is 94.0 Å². The minimum Gasteiger partial charge on any atom is -0.396 e. The van der Waals surface area contributed by atoms with Gasteiger partial charge in [-0.15, -0.1) is 0 Å². The van der Waals surface area contributed by atoms with E-state index < -0.39 is 5.91 Å². The smallest absolute Gasteiger partial charge is 0.267 e. The number of nitrogens with one attached hydrogen (secondary N) is 1. The molecule has 1 aromatic rings. The van der Waals surface area contributed by atoms with Crippen LogP contribution in [-0.2, 0) is 0 Å². The molecule has 5 nitrogen and oxygen atoms in total. The number of amides is 1. The zero-order valence-electron chi connectivity index (χ0n) is 10.9. The van der Waals surface area contributed by atoms with Crippen LogP contribution in [0.25, 0.3) is 0 Å². The first-order valence-electron chi connectivity index (χ1n) is 6.25. The number of anilines is 2. The summed E-state index contributed by atoms with van der Waals surface area (Å²) in [4.78, 5) is 15.2. The lowest BCUT2D eigenvalue weighted by molar-refractivity contribution is 0.0996. The van der Waals surface area contributed by atoms with E-state index in [4.69, 9.17) is 11.5 Å². The fraction of sp³-hybridized carbons (Fsp3) is 0.538. The van der Waals surface area contributed by atoms with Crippen molar-refractivity contribution in [3.05, 3.63) is 17.8 Å². The summed E-state index contributed by atoms with van der Waals surface area (Å²) in [6.07, 6.45) is 2.46. The Morgan fingerprint density at radius 1 is 1.50 bits per heavy atom. The molecule has 0 atom stereocenters. The van der Waals surface area contributed by atoms with Gasteiger partial charge in [0, 0.05) is 6.54 Å². The van der Waals surface area contributed by atoms with Gasteiger partial charge in [-0.2, -0.15) is 0 Å². The van der Waals surface area contributed by atoms with E-state index in [1.165, 1.54) is 18.9 Å². The molecule has 1 fully saturated rings. The quantitative estimate of drug-likeness (QED) is 0.738. The van der Waals surface area contributed by atoms with Gasteiger partial charge in [0.05, 0.1) is 5.69 Å². The molecule has 0 spiro atoms. The third kappa shape index (κ3) is 2.39. The van der Waals surface area contributed by atoms with Gasteiger partial charge in [-0.3, -0.25) is 4.79 Å². The summed E-state index contributed by atoms with van der Waals surface area (Å²) in [7, 11) is 0. The van der Waals surface area contributed by atoms with E-state index in [2.05, 4.69) is 24.1 Å². The highest BCUT2D eigenvalue weighted by atomic mass is 16.1. The van der Waals surface area contributed by atoms with Gasteiger partial charge < -0.3 is 16.8 Å². The lowest BCUT2D eigenvalue weighted by Crippen LogP contribution is -2.22. The van der Waals surface area contributed by atoms with E-state index >= 15 is 0 Å². The summed E-state index contributed by atoms with van der Waals surface area (Å²) in [5.41, 5.74) is 12.2. The Bertz CT molecular complexity index is 466. The van der Waals surface area contributed by atoms with Crippen LogP contribution in [0.1, 0.15) is 37.2 Å². The summed E-state index contributed by atoms with van der Waals surface area (Å²) in [6, 6.07) is 3.20. The zero-order chi connectivity index (χ0) is 13.3. The predicted molar refractivity (Wildman–Crippen MR) is 72.2 cm³/mol. The molecule has 1 aliphatic carbocycles. The molecule has 5 N–H and O–H groups in total. The van der Waals surface area contributed by atoms with E-state index in [0.717, 1.165) is 6.54 Å². The molecular formula is C13H20N4O. The van der Waals surface area contributed by atoms with Crippen molar-refractivity contribution in [2.24, 2.45) is 17.1 Å². The average molecular weight is 248 g/mol. The first-order chi connectivity index (χ1) is 8.44. The molecule has 1 saturated carbocycles. The molecule has 98 valence electrons. The van der Waals surface area contributed by atoms with Crippen LogP contribution in [0.4, 0.5) is 11.5 Å². The van der Waals surface area contributed by atoms with E-state index in [1.807, 2.05) is 0 Å². The van der Waals surface area contributed by atoms with Crippen LogP contribution in [0.15, 0.2) is 12.1 Å². The second-order valence-corrected chi connectivity index (χ2v) is 5.37. The van der Waals surface area contributed by atoms with Crippen LogP contribution in [0.2, 0.25) is 0 Å². The van der Waals surface area contributed by atoms with Crippen LogP contribution >= 0.6 is 0 Å². The van der Waals surface area contributed by atoms with Crippen LogP contribution in [0.3, 0.4) is 0 Å². The Morgan fingerprint density at radius 2 is 2.17 bits per heavy atom. The monoisotopic (exact) mass is 248 g/mol. The van der Waals surface area contributed by atoms with Crippen LogP contribution < -0.4 is 16.8 Å². The number of pyridine rings is 1. The van der Waals surface area contributed by atoms with E-state index in [-0.39, 0.29) is 5.69 Å². The second kappa shape index (κ2) is 4.48. The maximum Gasteiger partial charge on any atom is 0.267 e. The number of hydrogen-bond acceptors (Lipinski definition) is 4. The fourth-order valence-electron chi connectivity index (χ4n) is 2.13. The molecule has 0 aliphatic heterocycles. The molecule has 0 unspecified atom stereocenters. The number of carbonyl (C=O) groups excluding carboxylic acids is 1. The van der Waals surface area contributed by atoms with Gasteiger partial charge in [-0.25, -0.2) is 4.98 Å². The van der Waals surface area contributed by atoms with E-state index in [1.54, 1.807) is 6.07 Å². The van der Waals surface area contributed by atoms with Crippen molar-refractivity contribution >= 4 is 17.4 Å². The summed E-state index contributed by atoms with van der Waals surface area (Å²) in [5, 5.41) is 3.25. The first-order valence-corrected chi connectivity index (χ1v) is 6.25. The number of primary amides is 1. The number of aromatic nitrogens is 1. The van der Waals surface area contributed by atoms with Gasteiger partial charge in [0.1, 0.15) is 11.5 Å². The SMILES string of the molecule is CC(C)C1(CNc2nc(C(N)=O)ccc2N)CC1. The highest BCUT2D eigenvalue weighted by Crippen LogP contribution is 2.51. The molecule has 0 bridgehead atoms.